The molecular formula is C21H27Cl2N5O. The summed E-state index contributed by atoms with van der Waals surface area (Å²) in [4.78, 5) is 17.8. The molecule has 1 aromatic carbocycles. The fourth-order valence-electron chi connectivity index (χ4n) is 3.83. The maximum Gasteiger partial charge on any atom is 0.252 e. The van der Waals surface area contributed by atoms with E-state index in [0.29, 0.717) is 18.0 Å². The zero-order valence-electron chi connectivity index (χ0n) is 16.6. The Morgan fingerprint density at radius 3 is 2.72 bits per heavy atom. The van der Waals surface area contributed by atoms with Gasteiger partial charge in [0.1, 0.15) is 0 Å². The lowest BCUT2D eigenvalue weighted by Gasteiger charge is -2.11. The van der Waals surface area contributed by atoms with Gasteiger partial charge in [0.15, 0.2) is 5.65 Å². The SMILES string of the molecule is Cc1nn(C)c2nc(-c3ccccc3)cc(C(=O)NCCC3CCNC3)c12.Cl.Cl. The van der Waals surface area contributed by atoms with Crippen LogP contribution in [0.25, 0.3) is 22.3 Å². The highest BCUT2D eigenvalue weighted by atomic mass is 35.5. The molecule has 1 fully saturated rings. The van der Waals surface area contributed by atoms with Gasteiger partial charge in [0.2, 0.25) is 0 Å². The van der Waals surface area contributed by atoms with Crippen molar-refractivity contribution in [3.05, 3.63) is 47.7 Å². The molecule has 4 rings (SSSR count). The normalized spacial score (nSPS) is 15.6. The molecule has 0 spiro atoms. The number of amides is 1. The maximum absolute atomic E-state index is 13.0. The first kappa shape index (κ1) is 23.1. The van der Waals surface area contributed by atoms with Gasteiger partial charge in [0.25, 0.3) is 5.91 Å². The molecule has 2 aromatic heterocycles. The van der Waals surface area contributed by atoms with Crippen molar-refractivity contribution in [1.29, 1.82) is 0 Å². The Bertz CT molecular complexity index is 968. The lowest BCUT2D eigenvalue weighted by Crippen LogP contribution is -2.26. The number of pyridine rings is 1. The zero-order valence-corrected chi connectivity index (χ0v) is 18.3. The van der Waals surface area contributed by atoms with Gasteiger partial charge < -0.3 is 10.6 Å². The van der Waals surface area contributed by atoms with Gasteiger partial charge in [0.05, 0.1) is 22.3 Å². The number of hydrogen-bond acceptors (Lipinski definition) is 4. The molecule has 0 radical (unpaired) electrons. The lowest BCUT2D eigenvalue weighted by atomic mass is 10.0. The Morgan fingerprint density at radius 2 is 2.03 bits per heavy atom. The molecule has 1 aliphatic rings. The minimum absolute atomic E-state index is 0. The summed E-state index contributed by atoms with van der Waals surface area (Å²) in [5.74, 6) is 0.601. The summed E-state index contributed by atoms with van der Waals surface area (Å²) in [5, 5.41) is 11.8. The van der Waals surface area contributed by atoms with Crippen LogP contribution in [-0.2, 0) is 7.05 Å². The van der Waals surface area contributed by atoms with E-state index in [0.717, 1.165) is 47.5 Å². The molecular weight excluding hydrogens is 409 g/mol. The molecule has 0 saturated carbocycles. The van der Waals surface area contributed by atoms with Crippen LogP contribution in [0.4, 0.5) is 0 Å². The van der Waals surface area contributed by atoms with Gasteiger partial charge in [-0.3, -0.25) is 9.48 Å². The largest absolute Gasteiger partial charge is 0.352 e. The number of aromatic nitrogens is 3. The number of halogens is 2. The molecule has 29 heavy (non-hydrogen) atoms. The number of benzene rings is 1. The van der Waals surface area contributed by atoms with Gasteiger partial charge in [-0.05, 0) is 44.8 Å². The van der Waals surface area contributed by atoms with Crippen molar-refractivity contribution < 1.29 is 4.79 Å². The van der Waals surface area contributed by atoms with Crippen LogP contribution >= 0.6 is 24.8 Å². The van der Waals surface area contributed by atoms with E-state index in [4.69, 9.17) is 4.98 Å². The molecule has 1 aliphatic heterocycles. The number of carbonyl (C=O) groups is 1. The van der Waals surface area contributed by atoms with Crippen molar-refractivity contribution >= 4 is 41.8 Å². The van der Waals surface area contributed by atoms with Gasteiger partial charge in [0, 0.05) is 19.2 Å². The number of carbonyl (C=O) groups excluding carboxylic acids is 1. The van der Waals surface area contributed by atoms with E-state index in [9.17, 15) is 4.79 Å². The summed E-state index contributed by atoms with van der Waals surface area (Å²) in [6.07, 6.45) is 2.19. The Kier molecular flexibility index (Phi) is 8.02. The first-order valence-electron chi connectivity index (χ1n) is 9.52. The minimum atomic E-state index is -0.0540. The van der Waals surface area contributed by atoms with Gasteiger partial charge in [-0.1, -0.05) is 30.3 Å². The Morgan fingerprint density at radius 1 is 1.28 bits per heavy atom. The minimum Gasteiger partial charge on any atom is -0.352 e. The molecule has 156 valence electrons. The topological polar surface area (TPSA) is 71.8 Å². The number of rotatable bonds is 5. The highest BCUT2D eigenvalue weighted by Gasteiger charge is 2.20. The van der Waals surface area contributed by atoms with E-state index in [2.05, 4.69) is 15.7 Å². The number of hydrogen-bond donors (Lipinski definition) is 2. The molecule has 1 amide bonds. The third-order valence-electron chi connectivity index (χ3n) is 5.28. The third-order valence-corrected chi connectivity index (χ3v) is 5.28. The number of nitrogens with zero attached hydrogens (tertiary/aromatic N) is 3. The van der Waals surface area contributed by atoms with Gasteiger partial charge >= 0.3 is 0 Å². The standard InChI is InChI=1S/C21H25N5O.2ClH/c1-14-19-17(21(27)23-11-9-15-8-10-22-13-15)12-18(16-6-4-3-5-7-16)24-20(19)26(2)25-14;;/h3-7,12,15,22H,8-11,13H2,1-2H3,(H,23,27);2*1H. The van der Waals surface area contributed by atoms with Crippen LogP contribution in [0, 0.1) is 12.8 Å². The molecule has 0 bridgehead atoms. The predicted molar refractivity (Wildman–Crippen MR) is 121 cm³/mol. The van der Waals surface area contributed by atoms with E-state index in [1.54, 1.807) is 4.68 Å². The van der Waals surface area contributed by atoms with Crippen molar-refractivity contribution in [2.45, 2.75) is 19.8 Å². The maximum atomic E-state index is 13.0. The first-order valence-corrected chi connectivity index (χ1v) is 9.52. The number of nitrogens with one attached hydrogen (secondary N) is 2. The van der Waals surface area contributed by atoms with Crippen LogP contribution < -0.4 is 10.6 Å². The second-order valence-corrected chi connectivity index (χ2v) is 7.23. The highest BCUT2D eigenvalue weighted by molar-refractivity contribution is 6.07. The van der Waals surface area contributed by atoms with Crippen molar-refractivity contribution in [3.63, 3.8) is 0 Å². The van der Waals surface area contributed by atoms with Crippen molar-refractivity contribution in [2.24, 2.45) is 13.0 Å². The van der Waals surface area contributed by atoms with E-state index >= 15 is 0 Å². The van der Waals surface area contributed by atoms with Crippen molar-refractivity contribution in [3.8, 4) is 11.3 Å². The monoisotopic (exact) mass is 435 g/mol. The molecule has 0 aliphatic carbocycles. The fraction of sp³-hybridized carbons (Fsp3) is 0.381. The highest BCUT2D eigenvalue weighted by Crippen LogP contribution is 2.26. The lowest BCUT2D eigenvalue weighted by molar-refractivity contribution is 0.0953. The molecule has 1 saturated heterocycles. The van der Waals surface area contributed by atoms with Crippen LogP contribution in [0.5, 0.6) is 0 Å². The average molecular weight is 436 g/mol. The summed E-state index contributed by atoms with van der Waals surface area (Å²) in [6.45, 7) is 4.75. The van der Waals surface area contributed by atoms with Crippen molar-refractivity contribution in [1.82, 2.24) is 25.4 Å². The molecule has 3 heterocycles. The Hall–Kier alpha value is -2.15. The van der Waals surface area contributed by atoms with Crippen LogP contribution in [0.2, 0.25) is 0 Å². The average Bonchev–Trinajstić information content (AvgIpc) is 3.30. The third kappa shape index (κ3) is 4.89. The number of fused-ring (bicyclic) bond motifs is 1. The summed E-state index contributed by atoms with van der Waals surface area (Å²) < 4.78 is 1.75. The molecule has 3 aromatic rings. The number of aryl methyl sites for hydroxylation is 2. The van der Waals surface area contributed by atoms with Crippen LogP contribution in [0.3, 0.4) is 0 Å². The molecule has 1 unspecified atom stereocenters. The van der Waals surface area contributed by atoms with Crippen molar-refractivity contribution in [2.75, 3.05) is 19.6 Å². The van der Waals surface area contributed by atoms with E-state index in [-0.39, 0.29) is 30.7 Å². The van der Waals surface area contributed by atoms with Gasteiger partial charge in [-0.25, -0.2) is 4.98 Å². The quantitative estimate of drug-likeness (QED) is 0.642. The van der Waals surface area contributed by atoms with Gasteiger partial charge in [-0.15, -0.1) is 24.8 Å². The second-order valence-electron chi connectivity index (χ2n) is 7.23. The molecule has 1 atom stereocenters. The van der Waals surface area contributed by atoms with E-state index < -0.39 is 0 Å². The fourth-order valence-corrected chi connectivity index (χ4v) is 3.83. The first-order chi connectivity index (χ1) is 13.1. The zero-order chi connectivity index (χ0) is 18.8. The molecule has 6 nitrogen and oxygen atoms in total. The second kappa shape index (κ2) is 10.1. The molecule has 8 heteroatoms. The van der Waals surface area contributed by atoms with Gasteiger partial charge in [-0.2, -0.15) is 5.10 Å². The predicted octanol–water partition coefficient (Wildman–Crippen LogP) is 3.52. The smallest absolute Gasteiger partial charge is 0.252 e. The van der Waals surface area contributed by atoms with E-state index in [1.165, 1.54) is 6.42 Å². The summed E-state index contributed by atoms with van der Waals surface area (Å²) in [5.41, 5.74) is 3.98. The summed E-state index contributed by atoms with van der Waals surface area (Å²) in [7, 11) is 1.87. The summed E-state index contributed by atoms with van der Waals surface area (Å²) >= 11 is 0. The Labute approximate surface area is 183 Å². The van der Waals surface area contributed by atoms with E-state index in [1.807, 2.05) is 50.4 Å². The van der Waals surface area contributed by atoms with Crippen LogP contribution in [0.1, 0.15) is 28.9 Å². The Balaban J connectivity index is 0.00000150. The van der Waals surface area contributed by atoms with Crippen LogP contribution in [-0.4, -0.2) is 40.3 Å². The van der Waals surface area contributed by atoms with Crippen LogP contribution in [0.15, 0.2) is 36.4 Å². The molecule has 2 N–H and O–H groups in total. The summed E-state index contributed by atoms with van der Waals surface area (Å²) in [6, 6.07) is 11.8.